The van der Waals surface area contributed by atoms with Gasteiger partial charge in [-0.05, 0) is 51.1 Å². The summed E-state index contributed by atoms with van der Waals surface area (Å²) in [5.41, 5.74) is 1.50. The summed E-state index contributed by atoms with van der Waals surface area (Å²) in [5, 5.41) is 3.97. The Hall–Kier alpha value is -2.57. The van der Waals surface area contributed by atoms with Crippen LogP contribution < -0.4 is 5.32 Å². The van der Waals surface area contributed by atoms with Crippen LogP contribution >= 0.6 is 0 Å². The number of amides is 1. The predicted molar refractivity (Wildman–Crippen MR) is 106 cm³/mol. The minimum absolute atomic E-state index is 0.0289. The second-order valence-corrected chi connectivity index (χ2v) is 7.03. The highest BCUT2D eigenvalue weighted by Gasteiger charge is 2.27. The van der Waals surface area contributed by atoms with E-state index in [-0.39, 0.29) is 11.9 Å². The Bertz CT molecular complexity index is 910. The lowest BCUT2D eigenvalue weighted by molar-refractivity contribution is 0.0895. The molecule has 1 saturated heterocycles. The van der Waals surface area contributed by atoms with Crippen molar-refractivity contribution in [2.45, 2.75) is 32.4 Å². The number of fused-ring (bicyclic) bond motifs is 1. The van der Waals surface area contributed by atoms with Crippen molar-refractivity contribution in [2.75, 3.05) is 26.2 Å². The van der Waals surface area contributed by atoms with E-state index in [1.807, 2.05) is 43.3 Å². The lowest BCUT2D eigenvalue weighted by atomic mass is 10.1. The molecule has 0 radical (unpaired) electrons. The van der Waals surface area contributed by atoms with Crippen LogP contribution in [0.1, 0.15) is 47.7 Å². The number of nitrogens with one attached hydrogen (secondary N) is 1. The van der Waals surface area contributed by atoms with Gasteiger partial charge in [0.1, 0.15) is 11.3 Å². The molecule has 1 atom stereocenters. The highest BCUT2D eigenvalue weighted by Crippen LogP contribution is 2.28. The number of nitrogens with zero attached hydrogens (tertiary/aromatic N) is 1. The Balaban J connectivity index is 1.54. The summed E-state index contributed by atoms with van der Waals surface area (Å²) >= 11 is 0. The molecule has 1 aliphatic rings. The summed E-state index contributed by atoms with van der Waals surface area (Å²) < 4.78 is 17.1. The molecule has 6 heteroatoms. The Morgan fingerprint density at radius 3 is 2.79 bits per heavy atom. The maximum absolute atomic E-state index is 13.0. The van der Waals surface area contributed by atoms with Crippen LogP contribution in [0.3, 0.4) is 0 Å². The minimum Gasteiger partial charge on any atom is -0.468 e. The Labute approximate surface area is 164 Å². The van der Waals surface area contributed by atoms with E-state index in [0.29, 0.717) is 31.1 Å². The average molecular weight is 382 g/mol. The van der Waals surface area contributed by atoms with Crippen molar-refractivity contribution in [3.05, 3.63) is 59.7 Å². The third-order valence-electron chi connectivity index (χ3n) is 5.26. The zero-order chi connectivity index (χ0) is 19.3. The van der Waals surface area contributed by atoms with Crippen molar-refractivity contribution >= 4 is 16.9 Å². The topological polar surface area (TPSA) is 67.8 Å². The predicted octanol–water partition coefficient (Wildman–Crippen LogP) is 4.13. The lowest BCUT2D eigenvalue weighted by Gasteiger charge is -2.25. The van der Waals surface area contributed by atoms with Gasteiger partial charge >= 0.3 is 0 Å². The molecule has 2 aromatic heterocycles. The standard InChI is InChI=1S/C22H26N2O4/c1-2-26-15-17-16-8-3-4-9-19(16)28-21(17)22(25)23-14-18(20-10-7-13-27-20)24-11-5-6-12-24/h3-4,7-10,13,18H,2,5-6,11-12,14-15H2,1H3,(H,23,25)/t18-/m1/s1. The number of rotatable bonds is 8. The number of carbonyl (C=O) groups excluding carboxylic acids is 1. The van der Waals surface area contributed by atoms with Gasteiger partial charge in [0.15, 0.2) is 5.76 Å². The summed E-state index contributed by atoms with van der Waals surface area (Å²) in [7, 11) is 0. The smallest absolute Gasteiger partial charge is 0.287 e. The van der Waals surface area contributed by atoms with Gasteiger partial charge in [-0.2, -0.15) is 0 Å². The molecule has 28 heavy (non-hydrogen) atoms. The molecule has 6 nitrogen and oxygen atoms in total. The fraction of sp³-hybridized carbons (Fsp3) is 0.409. The number of likely N-dealkylation sites (tertiary alicyclic amines) is 1. The van der Waals surface area contributed by atoms with Gasteiger partial charge in [0.25, 0.3) is 5.91 Å². The monoisotopic (exact) mass is 382 g/mol. The molecule has 1 N–H and O–H groups in total. The number of furan rings is 2. The Morgan fingerprint density at radius 1 is 1.21 bits per heavy atom. The fourth-order valence-corrected chi connectivity index (χ4v) is 3.84. The first kappa shape index (κ1) is 18.8. The molecule has 148 valence electrons. The molecule has 1 fully saturated rings. The molecular formula is C22H26N2O4. The third kappa shape index (κ3) is 3.84. The number of hydrogen-bond donors (Lipinski definition) is 1. The van der Waals surface area contributed by atoms with Crippen LogP contribution in [-0.2, 0) is 11.3 Å². The second kappa shape index (κ2) is 8.63. The van der Waals surface area contributed by atoms with Crippen molar-refractivity contribution < 1.29 is 18.4 Å². The van der Waals surface area contributed by atoms with E-state index >= 15 is 0 Å². The summed E-state index contributed by atoms with van der Waals surface area (Å²) in [6.07, 6.45) is 4.03. The molecule has 3 aromatic rings. The first-order valence-electron chi connectivity index (χ1n) is 9.91. The van der Waals surface area contributed by atoms with E-state index in [1.54, 1.807) is 6.26 Å². The highest BCUT2D eigenvalue weighted by atomic mass is 16.5. The van der Waals surface area contributed by atoms with Gasteiger partial charge in [-0.15, -0.1) is 0 Å². The highest BCUT2D eigenvalue weighted by molar-refractivity contribution is 5.99. The largest absolute Gasteiger partial charge is 0.468 e. The Kier molecular flexibility index (Phi) is 5.78. The first-order chi connectivity index (χ1) is 13.8. The van der Waals surface area contributed by atoms with Gasteiger partial charge in [0, 0.05) is 24.1 Å². The normalized spacial score (nSPS) is 15.9. The van der Waals surface area contributed by atoms with Gasteiger partial charge in [-0.1, -0.05) is 18.2 Å². The van der Waals surface area contributed by atoms with Crippen LogP contribution in [0.5, 0.6) is 0 Å². The summed E-state index contributed by atoms with van der Waals surface area (Å²) in [6.45, 7) is 5.37. The van der Waals surface area contributed by atoms with E-state index in [2.05, 4.69) is 10.2 Å². The molecule has 1 aromatic carbocycles. The van der Waals surface area contributed by atoms with Crippen molar-refractivity contribution in [3.8, 4) is 0 Å². The number of benzene rings is 1. The van der Waals surface area contributed by atoms with Crippen LogP contribution in [0, 0.1) is 0 Å². The van der Waals surface area contributed by atoms with Gasteiger partial charge < -0.3 is 18.9 Å². The van der Waals surface area contributed by atoms with Crippen molar-refractivity contribution in [1.29, 1.82) is 0 Å². The van der Waals surface area contributed by atoms with Gasteiger partial charge in [-0.3, -0.25) is 9.69 Å². The summed E-state index contributed by atoms with van der Waals surface area (Å²) in [5.74, 6) is 0.984. The van der Waals surface area contributed by atoms with E-state index in [1.165, 1.54) is 12.8 Å². The van der Waals surface area contributed by atoms with E-state index < -0.39 is 0 Å². The maximum Gasteiger partial charge on any atom is 0.287 e. The van der Waals surface area contributed by atoms with Gasteiger partial charge in [0.05, 0.1) is 18.9 Å². The van der Waals surface area contributed by atoms with E-state index in [9.17, 15) is 4.79 Å². The summed E-state index contributed by atoms with van der Waals surface area (Å²) in [6, 6.07) is 11.6. The molecule has 0 unspecified atom stereocenters. The maximum atomic E-state index is 13.0. The molecule has 4 rings (SSSR count). The number of ether oxygens (including phenoxy) is 1. The van der Waals surface area contributed by atoms with Gasteiger partial charge in [0.2, 0.25) is 0 Å². The average Bonchev–Trinajstić information content (AvgIpc) is 3.47. The van der Waals surface area contributed by atoms with Gasteiger partial charge in [-0.25, -0.2) is 0 Å². The molecule has 1 amide bonds. The quantitative estimate of drug-likeness (QED) is 0.634. The Morgan fingerprint density at radius 2 is 2.04 bits per heavy atom. The molecule has 0 spiro atoms. The number of carbonyl (C=O) groups is 1. The van der Waals surface area contributed by atoms with Crippen molar-refractivity contribution in [2.24, 2.45) is 0 Å². The fourth-order valence-electron chi connectivity index (χ4n) is 3.84. The number of para-hydroxylation sites is 1. The SMILES string of the molecule is CCOCc1c(C(=O)NC[C@H](c2ccco2)N2CCCC2)oc2ccccc12. The molecule has 0 saturated carbocycles. The first-order valence-corrected chi connectivity index (χ1v) is 9.91. The lowest BCUT2D eigenvalue weighted by Crippen LogP contribution is -2.36. The zero-order valence-electron chi connectivity index (χ0n) is 16.1. The third-order valence-corrected chi connectivity index (χ3v) is 5.26. The number of hydrogen-bond acceptors (Lipinski definition) is 5. The van der Waals surface area contributed by atoms with E-state index in [0.717, 1.165) is 29.8 Å². The molecule has 0 aliphatic carbocycles. The van der Waals surface area contributed by atoms with Crippen molar-refractivity contribution in [3.63, 3.8) is 0 Å². The molecule has 1 aliphatic heterocycles. The zero-order valence-corrected chi connectivity index (χ0v) is 16.1. The molecular weight excluding hydrogens is 356 g/mol. The second-order valence-electron chi connectivity index (χ2n) is 7.03. The van der Waals surface area contributed by atoms with Crippen molar-refractivity contribution in [1.82, 2.24) is 10.2 Å². The van der Waals surface area contributed by atoms with Crippen LogP contribution in [0.15, 0.2) is 51.5 Å². The van der Waals surface area contributed by atoms with Crippen LogP contribution in [0.25, 0.3) is 11.0 Å². The minimum atomic E-state index is -0.221. The van der Waals surface area contributed by atoms with E-state index in [4.69, 9.17) is 13.6 Å². The van der Waals surface area contributed by atoms with Crippen LogP contribution in [0.4, 0.5) is 0 Å². The van der Waals surface area contributed by atoms with Crippen LogP contribution in [-0.4, -0.2) is 37.0 Å². The molecule has 0 bridgehead atoms. The van der Waals surface area contributed by atoms with Crippen LogP contribution in [0.2, 0.25) is 0 Å². The summed E-state index contributed by atoms with van der Waals surface area (Å²) in [4.78, 5) is 15.3. The molecule has 3 heterocycles.